The van der Waals surface area contributed by atoms with Crippen molar-refractivity contribution in [2.75, 3.05) is 11.6 Å². The maximum absolute atomic E-state index is 13.1. The third kappa shape index (κ3) is 4.72. The molecule has 0 aliphatic rings. The molecule has 0 radical (unpaired) electrons. The topological polar surface area (TPSA) is 55.4 Å². The molecule has 126 valence electrons. The molecule has 0 unspecified atom stereocenters. The average Bonchev–Trinajstić information content (AvgIpc) is 2.58. The van der Waals surface area contributed by atoms with Crippen LogP contribution in [-0.4, -0.2) is 24.2 Å². The van der Waals surface area contributed by atoms with Crippen molar-refractivity contribution in [2.24, 2.45) is 0 Å². The first kappa shape index (κ1) is 18.3. The predicted octanol–water partition coefficient (Wildman–Crippen LogP) is 4.39. The number of carbonyl (C=O) groups excluding carboxylic acids is 2. The Balaban J connectivity index is 1.97. The highest BCUT2D eigenvalue weighted by Gasteiger charge is 2.19. The molecule has 0 aliphatic carbocycles. The SMILES string of the molecule is CSc1ccc(C(=O)O[C@@H](C)C(=O)Nc2ccc(F)c(Cl)c2)cc1. The second-order valence-electron chi connectivity index (χ2n) is 4.89. The van der Waals surface area contributed by atoms with Crippen molar-refractivity contribution < 1.29 is 18.7 Å². The molecule has 2 rings (SSSR count). The van der Waals surface area contributed by atoms with Gasteiger partial charge >= 0.3 is 5.97 Å². The predicted molar refractivity (Wildman–Crippen MR) is 93.1 cm³/mol. The average molecular weight is 368 g/mol. The molecule has 0 bridgehead atoms. The minimum absolute atomic E-state index is 0.105. The number of carbonyl (C=O) groups is 2. The number of anilines is 1. The maximum atomic E-state index is 13.1. The lowest BCUT2D eigenvalue weighted by atomic mass is 10.2. The highest BCUT2D eigenvalue weighted by atomic mass is 35.5. The van der Waals surface area contributed by atoms with Crippen LogP contribution in [0.2, 0.25) is 5.02 Å². The maximum Gasteiger partial charge on any atom is 0.338 e. The van der Waals surface area contributed by atoms with Gasteiger partial charge in [0.05, 0.1) is 10.6 Å². The highest BCUT2D eigenvalue weighted by Crippen LogP contribution is 2.20. The quantitative estimate of drug-likeness (QED) is 0.629. The van der Waals surface area contributed by atoms with Crippen LogP contribution < -0.4 is 5.32 Å². The molecule has 0 saturated heterocycles. The highest BCUT2D eigenvalue weighted by molar-refractivity contribution is 7.98. The Labute approximate surface area is 148 Å². The summed E-state index contributed by atoms with van der Waals surface area (Å²) in [6, 6.07) is 10.7. The van der Waals surface area contributed by atoms with Crippen LogP contribution in [0.3, 0.4) is 0 Å². The minimum atomic E-state index is -1.01. The van der Waals surface area contributed by atoms with Crippen LogP contribution in [0.15, 0.2) is 47.4 Å². The molecule has 1 amide bonds. The minimum Gasteiger partial charge on any atom is -0.449 e. The molecule has 24 heavy (non-hydrogen) atoms. The largest absolute Gasteiger partial charge is 0.449 e. The van der Waals surface area contributed by atoms with Crippen molar-refractivity contribution in [3.63, 3.8) is 0 Å². The molecule has 0 aromatic heterocycles. The summed E-state index contributed by atoms with van der Waals surface area (Å²) in [4.78, 5) is 25.1. The first-order valence-electron chi connectivity index (χ1n) is 7.01. The van der Waals surface area contributed by atoms with Gasteiger partial charge in [-0.1, -0.05) is 11.6 Å². The monoisotopic (exact) mass is 367 g/mol. The Morgan fingerprint density at radius 3 is 2.46 bits per heavy atom. The van der Waals surface area contributed by atoms with E-state index < -0.39 is 23.8 Å². The van der Waals surface area contributed by atoms with Gasteiger partial charge in [-0.3, -0.25) is 4.79 Å². The zero-order valence-corrected chi connectivity index (χ0v) is 14.6. The van der Waals surface area contributed by atoms with Gasteiger partial charge in [0.25, 0.3) is 5.91 Å². The first-order chi connectivity index (χ1) is 11.4. The van der Waals surface area contributed by atoms with Crippen molar-refractivity contribution >= 4 is 40.9 Å². The van der Waals surface area contributed by atoms with Crippen molar-refractivity contribution in [1.82, 2.24) is 0 Å². The molecule has 2 aromatic rings. The smallest absolute Gasteiger partial charge is 0.338 e. The zero-order valence-electron chi connectivity index (χ0n) is 13.0. The van der Waals surface area contributed by atoms with Crippen molar-refractivity contribution in [3.8, 4) is 0 Å². The molecule has 4 nitrogen and oxygen atoms in total. The molecule has 0 aliphatic heterocycles. The number of thioether (sulfide) groups is 1. The Bertz CT molecular complexity index is 752. The van der Waals surface area contributed by atoms with E-state index >= 15 is 0 Å². The number of halogens is 2. The van der Waals surface area contributed by atoms with Crippen molar-refractivity contribution in [2.45, 2.75) is 17.9 Å². The fraction of sp³-hybridized carbons (Fsp3) is 0.176. The number of amides is 1. The third-order valence-electron chi connectivity index (χ3n) is 3.17. The summed E-state index contributed by atoms with van der Waals surface area (Å²) in [5, 5.41) is 2.41. The van der Waals surface area contributed by atoms with Gasteiger partial charge in [-0.25, -0.2) is 9.18 Å². The van der Waals surface area contributed by atoms with Gasteiger partial charge in [0.2, 0.25) is 0 Å². The summed E-state index contributed by atoms with van der Waals surface area (Å²) in [5.74, 6) is -1.71. The fourth-order valence-electron chi connectivity index (χ4n) is 1.83. The van der Waals surface area contributed by atoms with E-state index in [1.807, 2.05) is 6.26 Å². The summed E-state index contributed by atoms with van der Waals surface area (Å²) in [5.41, 5.74) is 0.677. The van der Waals surface area contributed by atoms with E-state index in [0.29, 0.717) is 11.3 Å². The van der Waals surface area contributed by atoms with Crippen LogP contribution in [-0.2, 0) is 9.53 Å². The molecule has 0 saturated carbocycles. The van der Waals surface area contributed by atoms with Crippen LogP contribution >= 0.6 is 23.4 Å². The zero-order chi connectivity index (χ0) is 17.7. The normalized spacial score (nSPS) is 11.7. The van der Waals surface area contributed by atoms with Gasteiger partial charge in [0.15, 0.2) is 6.10 Å². The Morgan fingerprint density at radius 1 is 1.21 bits per heavy atom. The van der Waals surface area contributed by atoms with E-state index in [1.165, 1.54) is 19.1 Å². The van der Waals surface area contributed by atoms with E-state index in [1.54, 1.807) is 36.0 Å². The summed E-state index contributed by atoms with van der Waals surface area (Å²) < 4.78 is 18.2. The summed E-state index contributed by atoms with van der Waals surface area (Å²) in [6.07, 6.45) is 0.920. The van der Waals surface area contributed by atoms with Crippen LogP contribution in [0, 0.1) is 5.82 Å². The fourth-order valence-corrected chi connectivity index (χ4v) is 2.42. The molecule has 1 N–H and O–H groups in total. The Kier molecular flexibility index (Phi) is 6.23. The molecular weight excluding hydrogens is 353 g/mol. The van der Waals surface area contributed by atoms with E-state index in [4.69, 9.17) is 16.3 Å². The molecule has 0 fully saturated rings. The second kappa shape index (κ2) is 8.17. The van der Waals surface area contributed by atoms with E-state index in [9.17, 15) is 14.0 Å². The lowest BCUT2D eigenvalue weighted by Crippen LogP contribution is -2.30. The third-order valence-corrected chi connectivity index (χ3v) is 4.20. The number of benzene rings is 2. The number of esters is 1. The number of hydrogen-bond donors (Lipinski definition) is 1. The van der Waals surface area contributed by atoms with Crippen LogP contribution in [0.1, 0.15) is 17.3 Å². The first-order valence-corrected chi connectivity index (χ1v) is 8.62. The van der Waals surface area contributed by atoms with Crippen molar-refractivity contribution in [3.05, 3.63) is 58.9 Å². The van der Waals surface area contributed by atoms with Gasteiger partial charge < -0.3 is 10.1 Å². The summed E-state index contributed by atoms with van der Waals surface area (Å²) in [7, 11) is 0. The van der Waals surface area contributed by atoms with Crippen molar-refractivity contribution in [1.29, 1.82) is 0 Å². The molecule has 1 atom stereocenters. The lowest BCUT2D eigenvalue weighted by Gasteiger charge is -2.14. The molecule has 0 spiro atoms. The number of ether oxygens (including phenoxy) is 1. The lowest BCUT2D eigenvalue weighted by molar-refractivity contribution is -0.123. The number of rotatable bonds is 5. The Hall–Kier alpha value is -2.05. The van der Waals surface area contributed by atoms with Gasteiger partial charge in [-0.2, -0.15) is 0 Å². The van der Waals surface area contributed by atoms with Gasteiger partial charge in [0.1, 0.15) is 5.82 Å². The molecular formula is C17H15ClFNO3S. The Morgan fingerprint density at radius 2 is 1.88 bits per heavy atom. The second-order valence-corrected chi connectivity index (χ2v) is 6.18. The standard InChI is InChI=1S/C17H15ClFNO3S/c1-10(16(21)20-12-5-8-15(19)14(18)9-12)23-17(22)11-3-6-13(24-2)7-4-11/h3-10H,1-2H3,(H,20,21)/t10-/m0/s1. The molecule has 7 heteroatoms. The summed E-state index contributed by atoms with van der Waals surface area (Å²) in [6.45, 7) is 1.45. The molecule has 2 aromatic carbocycles. The van der Waals surface area contributed by atoms with Gasteiger partial charge in [-0.05, 0) is 55.6 Å². The van der Waals surface area contributed by atoms with Crippen LogP contribution in [0.4, 0.5) is 10.1 Å². The van der Waals surface area contributed by atoms with Gasteiger partial charge in [0, 0.05) is 10.6 Å². The van der Waals surface area contributed by atoms with E-state index in [-0.39, 0.29) is 5.02 Å². The number of nitrogens with one attached hydrogen (secondary N) is 1. The van der Waals surface area contributed by atoms with E-state index in [2.05, 4.69) is 5.32 Å². The molecule has 0 heterocycles. The number of hydrogen-bond acceptors (Lipinski definition) is 4. The van der Waals surface area contributed by atoms with Crippen LogP contribution in [0.5, 0.6) is 0 Å². The van der Waals surface area contributed by atoms with Gasteiger partial charge in [-0.15, -0.1) is 11.8 Å². The summed E-state index contributed by atoms with van der Waals surface area (Å²) >= 11 is 7.21. The van der Waals surface area contributed by atoms with E-state index in [0.717, 1.165) is 11.0 Å². The van der Waals surface area contributed by atoms with Crippen LogP contribution in [0.25, 0.3) is 0 Å².